The van der Waals surface area contributed by atoms with E-state index in [-0.39, 0.29) is 0 Å². The summed E-state index contributed by atoms with van der Waals surface area (Å²) in [5.41, 5.74) is 12.4. The van der Waals surface area contributed by atoms with E-state index >= 15 is 0 Å². The topological polar surface area (TPSA) is 51.0 Å². The van der Waals surface area contributed by atoms with Gasteiger partial charge in [-0.15, -0.1) is 0 Å². The summed E-state index contributed by atoms with van der Waals surface area (Å²) in [4.78, 5) is 7.51. The molecule has 0 spiro atoms. The maximum atomic E-state index is 5.36. The molecule has 3 atom stereocenters. The Hall–Kier alpha value is -4.68. The SMILES string of the molecule is C=C/C=C/c1ccc(C)cc1.Cc1ccc(/C=C/C(C)Nc2ccccc2)cc1.Nc1ccccc1.[CH2-]N1CCN2CCN3CCN([PH+](c4ccccc4)c4ccccc4)C3[CH-]C12.[Cl][Rh+2]. The van der Waals surface area contributed by atoms with Crippen molar-refractivity contribution in [2.24, 2.45) is 0 Å². The average molecular weight is 993 g/mol. The molecular formula is C56H66ClN6PRh+. The number of rotatable bonds is 9. The molecule has 3 aliphatic rings. The van der Waals surface area contributed by atoms with E-state index in [9.17, 15) is 0 Å². The monoisotopic (exact) mass is 991 g/mol. The summed E-state index contributed by atoms with van der Waals surface area (Å²) < 4.78 is 2.78. The van der Waals surface area contributed by atoms with Gasteiger partial charge in [0, 0.05) is 50.1 Å². The number of hydrogen-bond donors (Lipinski definition) is 2. The quantitative estimate of drug-likeness (QED) is 0.0495. The maximum absolute atomic E-state index is 5.36. The Morgan fingerprint density at radius 1 is 0.646 bits per heavy atom. The summed E-state index contributed by atoms with van der Waals surface area (Å²) in [6.45, 7) is 16.8. The van der Waals surface area contributed by atoms with Gasteiger partial charge in [0.1, 0.15) is 18.7 Å². The second kappa shape index (κ2) is 28.4. The molecule has 0 saturated carbocycles. The van der Waals surface area contributed by atoms with E-state index in [1.54, 1.807) is 6.08 Å². The Morgan fingerprint density at radius 3 is 1.58 bits per heavy atom. The molecule has 9 rings (SSSR count). The van der Waals surface area contributed by atoms with Gasteiger partial charge >= 0.3 is 27.0 Å². The number of nitrogen functional groups attached to an aromatic ring is 1. The Balaban J connectivity index is 0.000000179. The van der Waals surface area contributed by atoms with Crippen LogP contribution >= 0.6 is 17.8 Å². The molecule has 3 N–H and O–H groups in total. The van der Waals surface area contributed by atoms with Crippen molar-refractivity contribution in [1.82, 2.24) is 19.4 Å². The van der Waals surface area contributed by atoms with Crippen molar-refractivity contribution in [2.45, 2.75) is 39.1 Å². The van der Waals surface area contributed by atoms with E-state index in [2.05, 4.69) is 209 Å². The molecule has 3 unspecified atom stereocenters. The average Bonchev–Trinajstić information content (AvgIpc) is 3.85. The van der Waals surface area contributed by atoms with E-state index in [1.807, 2.05) is 78.0 Å². The third-order valence-corrected chi connectivity index (χ3v) is 14.1. The number of para-hydroxylation sites is 2. The molecule has 0 aromatic heterocycles. The predicted octanol–water partition coefficient (Wildman–Crippen LogP) is 11.3. The molecule has 0 amide bonds. The molecule has 9 heteroatoms. The first-order valence-corrected chi connectivity index (χ1v) is 25.8. The summed E-state index contributed by atoms with van der Waals surface area (Å²) >= 11 is 2.02. The van der Waals surface area contributed by atoms with Gasteiger partial charge in [0.2, 0.25) is 0 Å². The summed E-state index contributed by atoms with van der Waals surface area (Å²) in [7, 11) is 7.82. The standard InChI is InChI=1S/C22H27N4P.C17H19N.C11H12.C6H7N.ClH.Rh/c1-23-12-13-24-14-15-25-16-17-26(22(25)18-21(23)24)27(19-8-4-2-5-9-19)20-10-6-3-7-11-20;1-14-8-11-16(12-9-14)13-10-15(2)18-17-6-4-3-5-7-17;1-3-4-5-11-8-6-10(2)7-9-11;7-6-4-2-1-3-5-6;;/h2-11,18,21-22H,1,12-17H2;3-13,15,18H,1-2H3;3-9H,1H2,2H3;1-5H,7H2;1H;/q-2;;;;;+3/b;13-10+;5-4+;;;. The zero-order valence-electron chi connectivity index (χ0n) is 38.1. The van der Waals surface area contributed by atoms with Crippen LogP contribution in [0.2, 0.25) is 0 Å². The molecule has 6 aromatic carbocycles. The number of aryl methyl sites for hydroxylation is 2. The number of nitrogens with one attached hydrogen (secondary N) is 1. The minimum atomic E-state index is -1.00. The molecule has 340 valence electrons. The van der Waals surface area contributed by atoms with Crippen molar-refractivity contribution >= 4 is 51.9 Å². The molecule has 6 nitrogen and oxygen atoms in total. The number of nitrogens with zero attached hydrogens (tertiary/aromatic N) is 4. The molecule has 3 aliphatic heterocycles. The van der Waals surface area contributed by atoms with Gasteiger partial charge in [0.25, 0.3) is 0 Å². The Morgan fingerprint density at radius 2 is 1.09 bits per heavy atom. The zero-order valence-corrected chi connectivity index (χ0v) is 41.5. The van der Waals surface area contributed by atoms with E-state index in [4.69, 9.17) is 5.73 Å². The van der Waals surface area contributed by atoms with Gasteiger partial charge in [-0.25, -0.2) is 0 Å². The van der Waals surface area contributed by atoms with E-state index < -0.39 is 8.07 Å². The van der Waals surface area contributed by atoms with Crippen LogP contribution in [0, 0.1) is 27.3 Å². The van der Waals surface area contributed by atoms with Crippen molar-refractivity contribution in [1.29, 1.82) is 0 Å². The van der Waals surface area contributed by atoms with Crippen LogP contribution < -0.4 is 21.7 Å². The van der Waals surface area contributed by atoms with Gasteiger partial charge in [0.15, 0.2) is 0 Å². The van der Waals surface area contributed by atoms with Crippen molar-refractivity contribution in [3.63, 3.8) is 0 Å². The first-order valence-electron chi connectivity index (χ1n) is 22.3. The van der Waals surface area contributed by atoms with Crippen molar-refractivity contribution in [3.8, 4) is 0 Å². The molecule has 3 fully saturated rings. The third-order valence-electron chi connectivity index (χ3n) is 11.3. The second-order valence-electron chi connectivity index (χ2n) is 16.2. The number of nitrogens with two attached hydrogens (primary N) is 1. The predicted molar refractivity (Wildman–Crippen MR) is 281 cm³/mol. The fourth-order valence-corrected chi connectivity index (χ4v) is 10.7. The molecule has 0 aliphatic carbocycles. The first-order chi connectivity index (χ1) is 31.8. The first kappa shape index (κ1) is 51.3. The van der Waals surface area contributed by atoms with Crippen LogP contribution in [0.15, 0.2) is 195 Å². The summed E-state index contributed by atoms with van der Waals surface area (Å²) in [6, 6.07) is 59.2. The van der Waals surface area contributed by atoms with Crippen LogP contribution in [0.5, 0.6) is 0 Å². The number of halogens is 1. The Bertz CT molecular complexity index is 2220. The number of benzene rings is 6. The van der Waals surface area contributed by atoms with E-state index in [1.165, 1.54) is 32.9 Å². The van der Waals surface area contributed by atoms with E-state index in [0.717, 1.165) is 50.6 Å². The van der Waals surface area contributed by atoms with Gasteiger partial charge < -0.3 is 25.8 Å². The summed E-state index contributed by atoms with van der Waals surface area (Å²) in [5, 5.41) is 6.39. The summed E-state index contributed by atoms with van der Waals surface area (Å²) in [5.74, 6) is 0. The fourth-order valence-electron chi connectivity index (χ4n) is 7.84. The van der Waals surface area contributed by atoms with Crippen LogP contribution in [0.1, 0.15) is 29.2 Å². The number of fused-ring (bicyclic) bond motifs is 2. The zero-order chi connectivity index (χ0) is 46.2. The van der Waals surface area contributed by atoms with Crippen LogP contribution in [0.25, 0.3) is 12.2 Å². The van der Waals surface area contributed by atoms with Gasteiger partial charge in [-0.1, -0.05) is 176 Å². The van der Waals surface area contributed by atoms with E-state index in [0.29, 0.717) is 18.4 Å². The molecule has 65 heavy (non-hydrogen) atoms. The van der Waals surface area contributed by atoms with Crippen LogP contribution in [-0.2, 0) is 17.3 Å². The fraction of sp³-hybridized carbons (Fsp3) is 0.214. The number of anilines is 2. The normalized spacial score (nSPS) is 17.7. The molecular weight excluding hydrogens is 926 g/mol. The van der Waals surface area contributed by atoms with Gasteiger partial charge in [-0.2, -0.15) is 4.67 Å². The Labute approximate surface area is 406 Å². The molecule has 3 heterocycles. The summed E-state index contributed by atoms with van der Waals surface area (Å²) in [6.07, 6.45) is 13.4. The van der Waals surface area contributed by atoms with Gasteiger partial charge in [-0.3, -0.25) is 13.5 Å². The van der Waals surface area contributed by atoms with Crippen LogP contribution in [-0.4, -0.2) is 77.0 Å². The van der Waals surface area contributed by atoms with Gasteiger partial charge in [0.05, 0.1) is 0 Å². The Kier molecular flexibility index (Phi) is 22.4. The second-order valence-corrected chi connectivity index (χ2v) is 18.6. The minimum absolute atomic E-state index is 0.314. The molecule has 6 aromatic rings. The van der Waals surface area contributed by atoms with Crippen LogP contribution in [0.3, 0.4) is 0 Å². The number of hydrogen-bond acceptors (Lipinski definition) is 6. The number of allylic oxidation sites excluding steroid dienone is 2. The molecule has 3 saturated heterocycles. The van der Waals surface area contributed by atoms with Crippen molar-refractivity contribution in [3.05, 3.63) is 230 Å². The molecule has 0 radical (unpaired) electrons. The van der Waals surface area contributed by atoms with Gasteiger partial charge in [-0.05, 0) is 93.1 Å². The van der Waals surface area contributed by atoms with Crippen molar-refractivity contribution < 1.29 is 17.3 Å². The van der Waals surface area contributed by atoms with Crippen LogP contribution in [0.4, 0.5) is 11.4 Å². The van der Waals surface area contributed by atoms with Crippen molar-refractivity contribution in [2.75, 3.05) is 50.3 Å². The third kappa shape index (κ3) is 16.9. The molecule has 0 bridgehead atoms.